The standard InChI is InChI=1S/C21H26N2O4S/c1-15(5-4-14-22)18-11-12-19-20(6-3-13-21(18,19)2)27-28(26)17-9-7-16(8-10-17)23(24)25/h4-5,7-10,15,18-20H,3,6,11-13H2,1-2H3/b5-4+/t15-,18-,19+,20+,21-,28?/m1/s1. The number of allylic oxidation sites excluding steroid dienone is 2. The number of rotatable bonds is 6. The highest BCUT2D eigenvalue weighted by Crippen LogP contribution is 2.58. The van der Waals surface area contributed by atoms with Gasteiger partial charge in [-0.15, -0.1) is 0 Å². The number of hydrogen-bond acceptors (Lipinski definition) is 5. The summed E-state index contributed by atoms with van der Waals surface area (Å²) >= 11 is -1.64. The van der Waals surface area contributed by atoms with E-state index in [1.807, 2.05) is 6.08 Å². The summed E-state index contributed by atoms with van der Waals surface area (Å²) in [6, 6.07) is 7.80. The van der Waals surface area contributed by atoms with E-state index >= 15 is 0 Å². The number of fused-ring (bicyclic) bond motifs is 1. The summed E-state index contributed by atoms with van der Waals surface area (Å²) in [5.74, 6) is 1.15. The molecule has 2 aliphatic rings. The van der Waals surface area contributed by atoms with Gasteiger partial charge in [-0.25, -0.2) is 4.21 Å². The fourth-order valence-corrected chi connectivity index (χ4v) is 6.24. The van der Waals surface area contributed by atoms with E-state index in [4.69, 9.17) is 9.44 Å². The Balaban J connectivity index is 1.72. The first kappa shape index (κ1) is 20.7. The zero-order valence-electron chi connectivity index (χ0n) is 16.2. The molecule has 0 amide bonds. The van der Waals surface area contributed by atoms with E-state index in [-0.39, 0.29) is 17.2 Å². The van der Waals surface area contributed by atoms with Gasteiger partial charge in [0.15, 0.2) is 11.1 Å². The van der Waals surface area contributed by atoms with Crippen molar-refractivity contribution in [1.82, 2.24) is 0 Å². The molecule has 2 fully saturated rings. The Morgan fingerprint density at radius 3 is 2.71 bits per heavy atom. The van der Waals surface area contributed by atoms with Gasteiger partial charge in [-0.1, -0.05) is 26.3 Å². The van der Waals surface area contributed by atoms with E-state index in [2.05, 4.69) is 19.9 Å². The molecular formula is C21H26N2O4S. The second-order valence-electron chi connectivity index (χ2n) is 8.16. The zero-order valence-corrected chi connectivity index (χ0v) is 17.1. The quantitative estimate of drug-likeness (QED) is 0.382. The van der Waals surface area contributed by atoms with Gasteiger partial charge in [-0.3, -0.25) is 14.3 Å². The van der Waals surface area contributed by atoms with Crippen LogP contribution in [0, 0.1) is 44.6 Å². The van der Waals surface area contributed by atoms with Crippen molar-refractivity contribution >= 4 is 16.8 Å². The number of non-ortho nitro benzene ring substituents is 1. The second kappa shape index (κ2) is 8.54. The van der Waals surface area contributed by atoms with Crippen molar-refractivity contribution in [3.8, 4) is 6.07 Å². The van der Waals surface area contributed by atoms with Gasteiger partial charge in [0, 0.05) is 18.2 Å². The van der Waals surface area contributed by atoms with E-state index in [1.165, 1.54) is 24.3 Å². The van der Waals surface area contributed by atoms with Crippen LogP contribution in [0.2, 0.25) is 0 Å². The molecule has 28 heavy (non-hydrogen) atoms. The van der Waals surface area contributed by atoms with Gasteiger partial charge in [0.1, 0.15) is 0 Å². The van der Waals surface area contributed by atoms with Crippen LogP contribution in [0.4, 0.5) is 5.69 Å². The summed E-state index contributed by atoms with van der Waals surface area (Å²) in [6.45, 7) is 4.49. The molecule has 2 aliphatic carbocycles. The van der Waals surface area contributed by atoms with Crippen LogP contribution in [0.3, 0.4) is 0 Å². The molecule has 1 aromatic carbocycles. The predicted octanol–water partition coefficient (Wildman–Crippen LogP) is 4.93. The molecule has 6 atom stereocenters. The third-order valence-corrected chi connectivity index (χ3v) is 7.77. The molecule has 7 heteroatoms. The highest BCUT2D eigenvalue weighted by atomic mass is 32.2. The largest absolute Gasteiger partial charge is 0.283 e. The average molecular weight is 403 g/mol. The van der Waals surface area contributed by atoms with E-state index < -0.39 is 16.0 Å². The molecule has 1 unspecified atom stereocenters. The van der Waals surface area contributed by atoms with Crippen molar-refractivity contribution < 1.29 is 13.3 Å². The van der Waals surface area contributed by atoms with Crippen molar-refractivity contribution in [3.63, 3.8) is 0 Å². The number of nitro benzene ring substituents is 1. The highest BCUT2D eigenvalue weighted by molar-refractivity contribution is 7.80. The fourth-order valence-electron chi connectivity index (χ4n) is 5.31. The molecule has 6 nitrogen and oxygen atoms in total. The van der Waals surface area contributed by atoms with Gasteiger partial charge in [-0.2, -0.15) is 5.26 Å². The first-order chi connectivity index (χ1) is 13.4. The third kappa shape index (κ3) is 4.03. The Kier molecular flexibility index (Phi) is 6.31. The van der Waals surface area contributed by atoms with E-state index in [0.717, 1.165) is 32.1 Å². The molecule has 0 radical (unpaired) electrons. The molecule has 0 heterocycles. The maximum absolute atomic E-state index is 12.7. The molecule has 0 aromatic heterocycles. The van der Waals surface area contributed by atoms with Gasteiger partial charge in [0.05, 0.1) is 22.0 Å². The minimum absolute atomic E-state index is 0.0240. The molecule has 0 spiro atoms. The Morgan fingerprint density at radius 1 is 1.36 bits per heavy atom. The zero-order chi connectivity index (χ0) is 20.3. The van der Waals surface area contributed by atoms with E-state index in [9.17, 15) is 14.3 Å². The Bertz CT molecular complexity index is 817. The Morgan fingerprint density at radius 2 is 2.07 bits per heavy atom. The minimum atomic E-state index is -1.64. The third-order valence-electron chi connectivity index (χ3n) is 6.70. The summed E-state index contributed by atoms with van der Waals surface area (Å²) in [4.78, 5) is 10.8. The summed E-state index contributed by atoms with van der Waals surface area (Å²) in [6.07, 6.45) is 8.65. The molecule has 0 saturated heterocycles. The molecule has 0 N–H and O–H groups in total. The van der Waals surface area contributed by atoms with Gasteiger partial charge in [0.25, 0.3) is 5.69 Å². The number of nitro groups is 1. The molecule has 1 aromatic rings. The lowest BCUT2D eigenvalue weighted by Gasteiger charge is -2.45. The summed E-state index contributed by atoms with van der Waals surface area (Å²) in [5, 5.41) is 19.6. The molecule has 150 valence electrons. The minimum Gasteiger partial charge on any atom is -0.283 e. The van der Waals surface area contributed by atoms with E-state index in [0.29, 0.717) is 22.6 Å². The van der Waals surface area contributed by atoms with Crippen LogP contribution in [0.25, 0.3) is 0 Å². The number of hydrogen-bond donors (Lipinski definition) is 0. The number of nitrogens with zero attached hydrogens (tertiary/aromatic N) is 2. The fraction of sp³-hybridized carbons (Fsp3) is 0.571. The molecular weight excluding hydrogens is 376 g/mol. The summed E-state index contributed by atoms with van der Waals surface area (Å²) < 4.78 is 18.7. The Labute approximate surface area is 168 Å². The Hall–Kier alpha value is -2.04. The predicted molar refractivity (Wildman–Crippen MR) is 106 cm³/mol. The smallest absolute Gasteiger partial charge is 0.269 e. The van der Waals surface area contributed by atoms with Gasteiger partial charge >= 0.3 is 0 Å². The van der Waals surface area contributed by atoms with Gasteiger partial charge in [0.2, 0.25) is 0 Å². The average Bonchev–Trinajstić information content (AvgIpc) is 3.04. The first-order valence-corrected chi connectivity index (χ1v) is 10.8. The lowest BCUT2D eigenvalue weighted by Crippen LogP contribution is -2.42. The molecule has 3 rings (SSSR count). The summed E-state index contributed by atoms with van der Waals surface area (Å²) in [5.41, 5.74) is 0.0889. The van der Waals surface area contributed by atoms with Crippen molar-refractivity contribution in [2.24, 2.45) is 23.2 Å². The van der Waals surface area contributed by atoms with Crippen molar-refractivity contribution in [2.45, 2.75) is 57.0 Å². The normalized spacial score (nSPS) is 31.8. The SMILES string of the molecule is C[C@H](/C=C/C#N)[C@H]1CC[C@H]2[C@@H](OS(=O)c3ccc([N+](=O)[O-])cc3)CCC[C@]12C. The van der Waals surface area contributed by atoms with E-state index in [1.54, 1.807) is 6.08 Å². The highest BCUT2D eigenvalue weighted by Gasteiger charge is 2.53. The van der Waals surface area contributed by atoms with Crippen LogP contribution < -0.4 is 0 Å². The van der Waals surface area contributed by atoms with Crippen molar-refractivity contribution in [2.75, 3.05) is 0 Å². The van der Waals surface area contributed by atoms with Gasteiger partial charge < -0.3 is 0 Å². The van der Waals surface area contributed by atoms with Crippen LogP contribution in [0.15, 0.2) is 41.3 Å². The van der Waals surface area contributed by atoms with Crippen LogP contribution in [-0.2, 0) is 15.3 Å². The van der Waals surface area contributed by atoms with Crippen molar-refractivity contribution in [1.29, 1.82) is 5.26 Å². The summed E-state index contributed by atoms with van der Waals surface area (Å²) in [7, 11) is 0. The lowest BCUT2D eigenvalue weighted by molar-refractivity contribution is -0.384. The first-order valence-electron chi connectivity index (χ1n) is 9.76. The molecule has 0 aliphatic heterocycles. The van der Waals surface area contributed by atoms with Crippen LogP contribution >= 0.6 is 0 Å². The molecule has 2 saturated carbocycles. The van der Waals surface area contributed by atoms with Crippen LogP contribution in [0.1, 0.15) is 46.0 Å². The maximum Gasteiger partial charge on any atom is 0.269 e. The van der Waals surface area contributed by atoms with Crippen molar-refractivity contribution in [3.05, 3.63) is 46.5 Å². The van der Waals surface area contributed by atoms with Gasteiger partial charge in [-0.05, 0) is 61.0 Å². The monoisotopic (exact) mass is 402 g/mol. The van der Waals surface area contributed by atoms with Crippen LogP contribution in [-0.4, -0.2) is 15.2 Å². The lowest BCUT2D eigenvalue weighted by atomic mass is 9.62. The number of benzene rings is 1. The number of nitriles is 1. The topological polar surface area (TPSA) is 93.2 Å². The molecule has 0 bridgehead atoms. The second-order valence-corrected chi connectivity index (χ2v) is 9.29. The maximum atomic E-state index is 12.7. The van der Waals surface area contributed by atoms with Crippen LogP contribution in [0.5, 0.6) is 0 Å².